The molecule has 0 saturated heterocycles. The Balaban J connectivity index is 1.66. The molecule has 6 aromatic rings. The molecule has 2 N–H and O–H groups in total. The quantitative estimate of drug-likeness (QED) is 0.162. The Morgan fingerprint density at radius 3 is 0.756 bits per heavy atom. The Bertz CT molecular complexity index is 1430. The number of hydrogen-bond acceptors (Lipinski definition) is 2. The lowest BCUT2D eigenvalue weighted by molar-refractivity contribution is 1.61. The van der Waals surface area contributed by atoms with Crippen LogP contribution in [0.25, 0.3) is 0 Å². The lowest BCUT2D eigenvalue weighted by Gasteiger charge is -2.35. The van der Waals surface area contributed by atoms with Gasteiger partial charge < -0.3 is 0 Å². The van der Waals surface area contributed by atoms with Crippen molar-refractivity contribution in [2.45, 2.75) is 0 Å². The van der Waals surface area contributed by atoms with Crippen LogP contribution in [0.1, 0.15) is 0 Å². The summed E-state index contributed by atoms with van der Waals surface area (Å²) in [5.74, 6) is 0.909. The Hall–Kier alpha value is -4.22. The van der Waals surface area contributed by atoms with Crippen LogP contribution in [0.2, 0.25) is 0 Å². The molecule has 0 fully saturated rings. The summed E-state index contributed by atoms with van der Waals surface area (Å²) in [5, 5.41) is 13.7. The number of rotatable bonds is 10. The van der Waals surface area contributed by atoms with Gasteiger partial charge in [0.25, 0.3) is 0 Å². The third-order valence-electron chi connectivity index (χ3n) is 7.40. The van der Waals surface area contributed by atoms with E-state index in [-0.39, 0.29) is 0 Å². The van der Waals surface area contributed by atoms with Crippen LogP contribution in [0.15, 0.2) is 182 Å². The van der Waals surface area contributed by atoms with Gasteiger partial charge in [0.2, 0.25) is 20.7 Å². The fourth-order valence-electron chi connectivity index (χ4n) is 5.47. The summed E-state index contributed by atoms with van der Waals surface area (Å²) in [5.41, 5.74) is 2.26. The molecule has 41 heavy (non-hydrogen) atoms. The van der Waals surface area contributed by atoms with Crippen LogP contribution in [-0.2, 0) is 0 Å². The van der Waals surface area contributed by atoms with E-state index in [1.165, 1.54) is 21.2 Å². The second kappa shape index (κ2) is 12.5. The molecule has 0 aliphatic rings. The van der Waals surface area contributed by atoms with E-state index in [1.54, 1.807) is 0 Å². The highest BCUT2D eigenvalue weighted by atomic mass is 31.2. The van der Waals surface area contributed by atoms with Gasteiger partial charge >= 0.3 is 0 Å². The van der Waals surface area contributed by atoms with Gasteiger partial charge in [-0.25, -0.2) is 10.2 Å². The summed E-state index contributed by atoms with van der Waals surface area (Å²) >= 11 is 0. The SMILES string of the molecule is c1ccc(N[P+](C[P+](Nc2ccccc2)(c2ccccc2)c2ccccc2)(c2ccccc2)c2ccccc2)cc1. The molecule has 0 aromatic heterocycles. The minimum absolute atomic E-state index is 0.909. The van der Waals surface area contributed by atoms with E-state index < -0.39 is 14.8 Å². The molecule has 0 radical (unpaired) electrons. The average Bonchev–Trinajstić information content (AvgIpc) is 3.06. The summed E-state index contributed by atoms with van der Waals surface area (Å²) < 4.78 is 0. The molecule has 4 heteroatoms. The molecule has 0 atom stereocenters. The van der Waals surface area contributed by atoms with Crippen LogP contribution in [0.4, 0.5) is 11.4 Å². The van der Waals surface area contributed by atoms with Crippen molar-refractivity contribution in [3.8, 4) is 0 Å². The Labute approximate surface area is 244 Å². The highest BCUT2D eigenvalue weighted by molar-refractivity contribution is 8.05. The lowest BCUT2D eigenvalue weighted by Crippen LogP contribution is -2.38. The first-order chi connectivity index (χ1) is 20.3. The molecule has 0 heterocycles. The molecule has 0 saturated carbocycles. The Kier molecular flexibility index (Phi) is 8.24. The number of benzene rings is 6. The fourth-order valence-corrected chi connectivity index (χ4v) is 16.2. The maximum atomic E-state index is 4.20. The third-order valence-corrected chi connectivity index (χ3v) is 16.8. The van der Waals surface area contributed by atoms with Crippen molar-refractivity contribution in [3.63, 3.8) is 0 Å². The van der Waals surface area contributed by atoms with Crippen molar-refractivity contribution >= 4 is 47.4 Å². The number of para-hydroxylation sites is 2. The largest absolute Gasteiger partial charge is 0.248 e. The standard InChI is InChI=1S/C37H34N2P2/c1-7-19-32(20-8-1)38-40(34-23-11-3-12-24-34,35-25-13-4-14-26-35)31-41(36-27-15-5-16-28-36,37-29-17-6-18-30-37)39-33-21-9-2-10-22-33/h1-30,38-39H,31H2/q+2. The third kappa shape index (κ3) is 5.82. The van der Waals surface area contributed by atoms with E-state index in [2.05, 4.69) is 192 Å². The first-order valence-electron chi connectivity index (χ1n) is 13.9. The van der Waals surface area contributed by atoms with Crippen molar-refractivity contribution < 1.29 is 0 Å². The molecular formula is C37H34N2P2+2. The average molecular weight is 569 g/mol. The first kappa shape index (κ1) is 27.0. The van der Waals surface area contributed by atoms with Crippen molar-refractivity contribution in [3.05, 3.63) is 182 Å². The summed E-state index contributed by atoms with van der Waals surface area (Å²) in [6.45, 7) is 0. The predicted molar refractivity (Wildman–Crippen MR) is 183 cm³/mol. The van der Waals surface area contributed by atoms with Gasteiger partial charge in [0.1, 0.15) is 21.2 Å². The molecule has 0 aliphatic carbocycles. The summed E-state index contributed by atoms with van der Waals surface area (Å²) in [7, 11) is -4.55. The van der Waals surface area contributed by atoms with Crippen molar-refractivity contribution in [2.75, 3.05) is 16.1 Å². The van der Waals surface area contributed by atoms with Crippen LogP contribution < -0.4 is 31.4 Å². The molecule has 0 spiro atoms. The highest BCUT2D eigenvalue weighted by Crippen LogP contribution is 2.71. The number of nitrogens with one attached hydrogen (secondary N) is 2. The van der Waals surface area contributed by atoms with E-state index in [0.717, 1.165) is 17.3 Å². The Morgan fingerprint density at radius 2 is 0.512 bits per heavy atom. The molecule has 2 nitrogen and oxygen atoms in total. The van der Waals surface area contributed by atoms with Crippen molar-refractivity contribution in [1.82, 2.24) is 0 Å². The van der Waals surface area contributed by atoms with Gasteiger partial charge in [0.15, 0.2) is 0 Å². The zero-order valence-electron chi connectivity index (χ0n) is 22.9. The van der Waals surface area contributed by atoms with Crippen LogP contribution in [0.5, 0.6) is 0 Å². The maximum Gasteiger partial charge on any atom is 0.218 e. The van der Waals surface area contributed by atoms with Crippen LogP contribution >= 0.6 is 14.8 Å². The van der Waals surface area contributed by atoms with Gasteiger partial charge in [0, 0.05) is 0 Å². The molecule has 200 valence electrons. The monoisotopic (exact) mass is 568 g/mol. The van der Waals surface area contributed by atoms with Crippen LogP contribution in [-0.4, -0.2) is 5.90 Å². The smallest absolute Gasteiger partial charge is 0.218 e. The topological polar surface area (TPSA) is 24.1 Å². The lowest BCUT2D eigenvalue weighted by atomic mass is 10.3. The van der Waals surface area contributed by atoms with Crippen LogP contribution in [0, 0.1) is 0 Å². The van der Waals surface area contributed by atoms with E-state index in [4.69, 9.17) is 0 Å². The molecule has 0 bridgehead atoms. The van der Waals surface area contributed by atoms with Gasteiger partial charge in [-0.05, 0) is 72.8 Å². The molecular weight excluding hydrogens is 534 g/mol. The van der Waals surface area contributed by atoms with Gasteiger partial charge in [0.05, 0.1) is 11.4 Å². The number of anilines is 2. The van der Waals surface area contributed by atoms with Crippen LogP contribution in [0.3, 0.4) is 0 Å². The Morgan fingerprint density at radius 1 is 0.293 bits per heavy atom. The first-order valence-corrected chi connectivity index (χ1v) is 17.9. The zero-order valence-corrected chi connectivity index (χ0v) is 24.7. The maximum absolute atomic E-state index is 4.20. The summed E-state index contributed by atoms with van der Waals surface area (Å²) in [6.07, 6.45) is 0. The normalized spacial score (nSPS) is 11.5. The van der Waals surface area contributed by atoms with E-state index >= 15 is 0 Å². The molecule has 6 aromatic carbocycles. The van der Waals surface area contributed by atoms with E-state index in [1.807, 2.05) is 0 Å². The summed E-state index contributed by atoms with van der Waals surface area (Å²) in [4.78, 5) is 0. The second-order valence-corrected chi connectivity index (χ2v) is 16.9. The van der Waals surface area contributed by atoms with Crippen molar-refractivity contribution in [1.29, 1.82) is 0 Å². The van der Waals surface area contributed by atoms with Gasteiger partial charge in [-0.15, -0.1) is 0 Å². The van der Waals surface area contributed by atoms with Gasteiger partial charge in [-0.3, -0.25) is 0 Å². The van der Waals surface area contributed by atoms with Gasteiger partial charge in [-0.2, -0.15) is 0 Å². The molecule has 0 amide bonds. The van der Waals surface area contributed by atoms with E-state index in [0.29, 0.717) is 0 Å². The summed E-state index contributed by atoms with van der Waals surface area (Å²) in [6, 6.07) is 65.7. The molecule has 0 unspecified atom stereocenters. The fraction of sp³-hybridized carbons (Fsp3) is 0.0270. The zero-order chi connectivity index (χ0) is 27.8. The van der Waals surface area contributed by atoms with Crippen molar-refractivity contribution in [2.24, 2.45) is 0 Å². The molecule has 6 rings (SSSR count). The van der Waals surface area contributed by atoms with E-state index in [9.17, 15) is 0 Å². The molecule has 0 aliphatic heterocycles. The minimum atomic E-state index is -2.28. The minimum Gasteiger partial charge on any atom is -0.248 e. The predicted octanol–water partition coefficient (Wildman–Crippen LogP) is 8.34. The van der Waals surface area contributed by atoms with Gasteiger partial charge in [-0.1, -0.05) is 109 Å². The second-order valence-electron chi connectivity index (χ2n) is 10.1. The highest BCUT2D eigenvalue weighted by Gasteiger charge is 2.58. The number of hydrogen-bond donors (Lipinski definition) is 2.